The van der Waals surface area contributed by atoms with E-state index < -0.39 is 0 Å². The molecule has 0 aliphatic rings. The summed E-state index contributed by atoms with van der Waals surface area (Å²) in [5.74, 6) is 6.56. The Hall–Kier alpha value is -0.0800. The van der Waals surface area contributed by atoms with E-state index in [4.69, 9.17) is 5.84 Å². The van der Waals surface area contributed by atoms with Gasteiger partial charge in [-0.3, -0.25) is 0 Å². The maximum atomic E-state index is 6.56. The van der Waals surface area contributed by atoms with Crippen LogP contribution in [-0.4, -0.2) is 24.2 Å². The van der Waals surface area contributed by atoms with Crippen molar-refractivity contribution in [1.29, 1.82) is 0 Å². The first-order chi connectivity index (χ1) is 8.18. The van der Waals surface area contributed by atoms with Crippen LogP contribution in [0.1, 0.15) is 78.6 Å². The number of rotatable bonds is 12. The smallest absolute Gasteiger partial charge is 0.0960 e. The fraction of sp³-hybridized carbons (Fsp3) is 1.00. The Balaban J connectivity index is 3.95. The Labute approximate surface area is 109 Å². The third kappa shape index (κ3) is 9.61. The molecule has 0 aliphatic heterocycles. The molecule has 0 aromatic carbocycles. The van der Waals surface area contributed by atoms with E-state index in [1.807, 2.05) is 0 Å². The maximum absolute atomic E-state index is 6.56. The Morgan fingerprint density at radius 2 is 0.882 bits per heavy atom. The van der Waals surface area contributed by atoms with Crippen molar-refractivity contribution in [1.82, 2.24) is 0 Å². The number of hydrogen-bond donors (Lipinski definition) is 1. The van der Waals surface area contributed by atoms with Gasteiger partial charge in [-0.05, 0) is 38.5 Å². The molecule has 0 spiro atoms. The topological polar surface area (TPSA) is 26.0 Å². The summed E-state index contributed by atoms with van der Waals surface area (Å²) in [6.07, 6.45) is 11.8. The molecule has 0 bridgehead atoms. The van der Waals surface area contributed by atoms with Gasteiger partial charge in [0.2, 0.25) is 0 Å². The van der Waals surface area contributed by atoms with Gasteiger partial charge >= 0.3 is 0 Å². The zero-order valence-electron chi connectivity index (χ0n) is 12.5. The normalized spacial score (nSPS) is 12.0. The first-order valence-corrected chi connectivity index (χ1v) is 7.83. The molecule has 17 heavy (non-hydrogen) atoms. The van der Waals surface area contributed by atoms with Crippen LogP contribution in [0.25, 0.3) is 0 Å². The van der Waals surface area contributed by atoms with Gasteiger partial charge in [0.25, 0.3) is 0 Å². The molecule has 0 aromatic rings. The number of quaternary nitrogens is 1. The van der Waals surface area contributed by atoms with E-state index in [9.17, 15) is 0 Å². The van der Waals surface area contributed by atoms with Crippen molar-refractivity contribution in [3.8, 4) is 0 Å². The molecule has 0 unspecified atom stereocenters. The molecule has 0 amide bonds. The van der Waals surface area contributed by atoms with Crippen LogP contribution in [0.5, 0.6) is 0 Å². The lowest BCUT2D eigenvalue weighted by Gasteiger charge is -2.33. The Morgan fingerprint density at radius 3 is 1.12 bits per heavy atom. The van der Waals surface area contributed by atoms with Crippen LogP contribution in [0.3, 0.4) is 0 Å². The summed E-state index contributed by atoms with van der Waals surface area (Å²) >= 11 is 0. The molecule has 0 heterocycles. The molecular formula is C15H35N2+. The van der Waals surface area contributed by atoms with E-state index in [1.165, 1.54) is 77.4 Å². The third-order valence-electron chi connectivity index (χ3n) is 3.62. The van der Waals surface area contributed by atoms with Gasteiger partial charge < -0.3 is 0 Å². The van der Waals surface area contributed by atoms with Crippen molar-refractivity contribution in [2.24, 2.45) is 5.84 Å². The SMILES string of the molecule is CCCCC[N+](N)(CCCCC)CCCCC. The van der Waals surface area contributed by atoms with Gasteiger partial charge in [-0.1, -0.05) is 40.0 Å². The second-order valence-electron chi connectivity index (χ2n) is 5.51. The van der Waals surface area contributed by atoms with E-state index in [0.717, 1.165) is 4.59 Å². The standard InChI is InChI=1S/C15H35N2/c1-4-7-10-13-17(16,14-11-8-5-2)15-12-9-6-3/h4-16H2,1-3H3/q+1. The zero-order valence-corrected chi connectivity index (χ0v) is 12.5. The lowest BCUT2D eigenvalue weighted by Crippen LogP contribution is -2.56. The van der Waals surface area contributed by atoms with Crippen LogP contribution < -0.4 is 5.84 Å². The molecular weight excluding hydrogens is 208 g/mol. The predicted molar refractivity (Wildman–Crippen MR) is 77.6 cm³/mol. The fourth-order valence-corrected chi connectivity index (χ4v) is 2.37. The van der Waals surface area contributed by atoms with E-state index in [2.05, 4.69) is 20.8 Å². The second kappa shape index (κ2) is 11.0. The highest BCUT2D eigenvalue weighted by Gasteiger charge is 2.21. The molecule has 0 saturated carbocycles. The summed E-state index contributed by atoms with van der Waals surface area (Å²) < 4.78 is 0.833. The van der Waals surface area contributed by atoms with Gasteiger partial charge in [0, 0.05) is 0 Å². The molecule has 0 rings (SSSR count). The summed E-state index contributed by atoms with van der Waals surface area (Å²) in [7, 11) is 0. The van der Waals surface area contributed by atoms with E-state index in [-0.39, 0.29) is 0 Å². The van der Waals surface area contributed by atoms with Gasteiger partial charge in [0.1, 0.15) is 0 Å². The molecule has 2 N–H and O–H groups in total. The molecule has 0 aromatic heterocycles. The lowest BCUT2D eigenvalue weighted by molar-refractivity contribution is -0.940. The molecule has 0 atom stereocenters. The summed E-state index contributed by atoms with van der Waals surface area (Å²) in [6, 6.07) is 0. The largest absolute Gasteiger partial charge is 0.248 e. The van der Waals surface area contributed by atoms with Crippen molar-refractivity contribution in [3.63, 3.8) is 0 Å². The minimum absolute atomic E-state index is 0.833. The lowest BCUT2D eigenvalue weighted by atomic mass is 10.1. The number of nitrogens with zero attached hydrogens (tertiary/aromatic N) is 1. The van der Waals surface area contributed by atoms with Crippen molar-refractivity contribution in [3.05, 3.63) is 0 Å². The highest BCUT2D eigenvalue weighted by molar-refractivity contribution is 4.45. The molecule has 0 radical (unpaired) electrons. The fourth-order valence-electron chi connectivity index (χ4n) is 2.37. The van der Waals surface area contributed by atoms with E-state index in [1.54, 1.807) is 0 Å². The van der Waals surface area contributed by atoms with Crippen LogP contribution in [-0.2, 0) is 0 Å². The molecule has 0 fully saturated rings. The third-order valence-corrected chi connectivity index (χ3v) is 3.62. The van der Waals surface area contributed by atoms with Crippen molar-refractivity contribution in [2.75, 3.05) is 19.6 Å². The molecule has 104 valence electrons. The molecule has 0 aliphatic carbocycles. The van der Waals surface area contributed by atoms with Gasteiger partial charge in [0.15, 0.2) is 0 Å². The zero-order chi connectivity index (χ0) is 13.0. The van der Waals surface area contributed by atoms with Crippen molar-refractivity contribution in [2.45, 2.75) is 78.6 Å². The molecule has 2 heteroatoms. The molecule has 2 nitrogen and oxygen atoms in total. The number of unbranched alkanes of at least 4 members (excludes halogenated alkanes) is 6. The Kier molecular flexibility index (Phi) is 11.0. The monoisotopic (exact) mass is 243 g/mol. The Bertz CT molecular complexity index is 130. The quantitative estimate of drug-likeness (QED) is 0.236. The highest BCUT2D eigenvalue weighted by atomic mass is 15.6. The van der Waals surface area contributed by atoms with Gasteiger partial charge in [0.05, 0.1) is 19.6 Å². The van der Waals surface area contributed by atoms with Crippen LogP contribution in [0.4, 0.5) is 0 Å². The summed E-state index contributed by atoms with van der Waals surface area (Å²) in [5.41, 5.74) is 0. The van der Waals surface area contributed by atoms with Crippen LogP contribution in [0.2, 0.25) is 0 Å². The number of nitrogens with two attached hydrogens (primary N) is 1. The summed E-state index contributed by atoms with van der Waals surface area (Å²) in [4.78, 5) is 0. The Morgan fingerprint density at radius 1 is 0.588 bits per heavy atom. The van der Waals surface area contributed by atoms with Crippen molar-refractivity contribution < 1.29 is 4.59 Å². The van der Waals surface area contributed by atoms with Crippen LogP contribution in [0, 0.1) is 0 Å². The second-order valence-corrected chi connectivity index (χ2v) is 5.51. The number of hydrogen-bond acceptors (Lipinski definition) is 1. The predicted octanol–water partition coefficient (Wildman–Crippen LogP) is 4.25. The molecule has 0 saturated heterocycles. The van der Waals surface area contributed by atoms with E-state index in [0.29, 0.717) is 0 Å². The summed E-state index contributed by atoms with van der Waals surface area (Å²) in [5, 5.41) is 0. The first-order valence-electron chi connectivity index (χ1n) is 7.83. The van der Waals surface area contributed by atoms with Gasteiger partial charge in [-0.15, -0.1) is 0 Å². The van der Waals surface area contributed by atoms with E-state index >= 15 is 0 Å². The summed E-state index contributed by atoms with van der Waals surface area (Å²) in [6.45, 7) is 10.3. The average molecular weight is 243 g/mol. The minimum atomic E-state index is 0.833. The van der Waals surface area contributed by atoms with Gasteiger partial charge in [-0.25, -0.2) is 4.59 Å². The van der Waals surface area contributed by atoms with Crippen LogP contribution in [0.15, 0.2) is 0 Å². The first kappa shape index (κ1) is 16.9. The highest BCUT2D eigenvalue weighted by Crippen LogP contribution is 2.10. The minimum Gasteiger partial charge on any atom is -0.248 e. The maximum Gasteiger partial charge on any atom is 0.0960 e. The van der Waals surface area contributed by atoms with Crippen LogP contribution >= 0.6 is 0 Å². The van der Waals surface area contributed by atoms with Crippen molar-refractivity contribution >= 4 is 0 Å². The average Bonchev–Trinajstić information content (AvgIpc) is 2.30. The van der Waals surface area contributed by atoms with Gasteiger partial charge in [-0.2, -0.15) is 5.84 Å².